The Labute approximate surface area is 157 Å². The third-order valence-electron chi connectivity index (χ3n) is 4.49. The molecular formula is C20H21N5O2. The minimum Gasteiger partial charge on any atom is -0.410 e. The zero-order valence-corrected chi connectivity index (χ0v) is 14.9. The van der Waals surface area contributed by atoms with Gasteiger partial charge in [0.15, 0.2) is 0 Å². The molecule has 2 aromatic carbocycles. The second-order valence-electron chi connectivity index (χ2n) is 6.41. The second-order valence-corrected chi connectivity index (χ2v) is 6.41. The van der Waals surface area contributed by atoms with Crippen LogP contribution in [-0.2, 0) is 6.54 Å². The second kappa shape index (κ2) is 8.01. The highest BCUT2D eigenvalue weighted by Gasteiger charge is 2.23. The van der Waals surface area contributed by atoms with Crippen molar-refractivity contribution in [3.63, 3.8) is 0 Å². The Morgan fingerprint density at radius 3 is 2.30 bits per heavy atom. The van der Waals surface area contributed by atoms with Crippen LogP contribution in [0.25, 0.3) is 5.69 Å². The minimum absolute atomic E-state index is 0.295. The molecule has 4 rings (SSSR count). The van der Waals surface area contributed by atoms with E-state index in [0.29, 0.717) is 25.4 Å². The fraction of sp³-hybridized carbons (Fsp3) is 0.250. The molecule has 2 heterocycles. The van der Waals surface area contributed by atoms with Crippen LogP contribution in [0.2, 0.25) is 0 Å². The van der Waals surface area contributed by atoms with E-state index in [1.54, 1.807) is 28.0 Å². The highest BCUT2D eigenvalue weighted by Crippen LogP contribution is 2.13. The lowest BCUT2D eigenvalue weighted by Crippen LogP contribution is -2.49. The summed E-state index contributed by atoms with van der Waals surface area (Å²) in [7, 11) is 0. The molecule has 1 fully saturated rings. The lowest BCUT2D eigenvalue weighted by molar-refractivity contribution is 0.107. The van der Waals surface area contributed by atoms with Gasteiger partial charge in [0.25, 0.3) is 0 Å². The normalized spacial score (nSPS) is 14.9. The molecule has 3 aromatic rings. The molecule has 1 aliphatic heterocycles. The summed E-state index contributed by atoms with van der Waals surface area (Å²) in [6.07, 6.45) is 1.50. The topological polar surface area (TPSA) is 63.5 Å². The monoisotopic (exact) mass is 363 g/mol. The van der Waals surface area contributed by atoms with E-state index in [4.69, 9.17) is 4.74 Å². The van der Waals surface area contributed by atoms with Gasteiger partial charge in [-0.3, -0.25) is 4.90 Å². The molecule has 7 heteroatoms. The molecule has 1 amide bonds. The van der Waals surface area contributed by atoms with Crippen LogP contribution in [0.1, 0.15) is 5.69 Å². The molecule has 0 atom stereocenters. The van der Waals surface area contributed by atoms with Crippen molar-refractivity contribution in [2.24, 2.45) is 0 Å². The molecule has 0 unspecified atom stereocenters. The first-order valence-corrected chi connectivity index (χ1v) is 8.99. The van der Waals surface area contributed by atoms with E-state index in [-0.39, 0.29) is 6.09 Å². The lowest BCUT2D eigenvalue weighted by Gasteiger charge is -2.33. The molecule has 0 N–H and O–H groups in total. The van der Waals surface area contributed by atoms with Crippen LogP contribution in [0, 0.1) is 0 Å². The van der Waals surface area contributed by atoms with Crippen LogP contribution in [0.4, 0.5) is 4.79 Å². The largest absolute Gasteiger partial charge is 0.415 e. The number of hydrogen-bond acceptors (Lipinski definition) is 5. The summed E-state index contributed by atoms with van der Waals surface area (Å²) >= 11 is 0. The molecular weight excluding hydrogens is 342 g/mol. The molecule has 0 bridgehead atoms. The molecule has 0 aliphatic carbocycles. The van der Waals surface area contributed by atoms with Crippen molar-refractivity contribution in [1.29, 1.82) is 0 Å². The Balaban J connectivity index is 1.28. The van der Waals surface area contributed by atoms with E-state index in [0.717, 1.165) is 24.5 Å². The smallest absolute Gasteiger partial charge is 0.410 e. The predicted molar refractivity (Wildman–Crippen MR) is 101 cm³/mol. The van der Waals surface area contributed by atoms with Crippen LogP contribution in [0.15, 0.2) is 66.9 Å². The van der Waals surface area contributed by atoms with Gasteiger partial charge in [-0.25, -0.2) is 4.79 Å². The first-order chi connectivity index (χ1) is 13.3. The van der Waals surface area contributed by atoms with E-state index in [1.165, 1.54) is 0 Å². The molecule has 7 nitrogen and oxygen atoms in total. The van der Waals surface area contributed by atoms with Gasteiger partial charge in [0.1, 0.15) is 5.75 Å². The molecule has 1 aromatic heterocycles. The van der Waals surface area contributed by atoms with Crippen LogP contribution in [0.5, 0.6) is 5.75 Å². The van der Waals surface area contributed by atoms with Gasteiger partial charge < -0.3 is 9.64 Å². The summed E-state index contributed by atoms with van der Waals surface area (Å²) in [6, 6.07) is 19.0. The van der Waals surface area contributed by atoms with E-state index >= 15 is 0 Å². The summed E-state index contributed by atoms with van der Waals surface area (Å²) < 4.78 is 5.40. The Morgan fingerprint density at radius 2 is 1.59 bits per heavy atom. The van der Waals surface area contributed by atoms with Gasteiger partial charge in [-0.15, -0.1) is 0 Å². The van der Waals surface area contributed by atoms with Gasteiger partial charge in [-0.2, -0.15) is 15.0 Å². The van der Waals surface area contributed by atoms with Crippen LogP contribution >= 0.6 is 0 Å². The third-order valence-corrected chi connectivity index (χ3v) is 4.49. The lowest BCUT2D eigenvalue weighted by atomic mass is 10.3. The molecule has 138 valence electrons. The van der Waals surface area contributed by atoms with Gasteiger partial charge in [0.2, 0.25) is 0 Å². The van der Waals surface area contributed by atoms with Crippen molar-refractivity contribution in [3.8, 4) is 11.4 Å². The zero-order chi connectivity index (χ0) is 18.5. The van der Waals surface area contributed by atoms with Crippen molar-refractivity contribution in [2.75, 3.05) is 26.2 Å². The van der Waals surface area contributed by atoms with Crippen molar-refractivity contribution < 1.29 is 9.53 Å². The number of piperazine rings is 1. The van der Waals surface area contributed by atoms with Gasteiger partial charge in [-0.1, -0.05) is 36.4 Å². The standard InChI is InChI=1S/C20H21N5O2/c26-20(27-19-9-5-2-6-10-19)24-13-11-23(12-14-24)16-17-15-21-25(22-17)18-7-3-1-4-8-18/h1-10,15H,11-14,16H2. The molecule has 1 saturated heterocycles. The van der Waals surface area contributed by atoms with Crippen molar-refractivity contribution in [3.05, 3.63) is 72.6 Å². The molecule has 0 spiro atoms. The SMILES string of the molecule is O=C(Oc1ccccc1)N1CCN(Cc2cnn(-c3ccccc3)n2)CC1. The maximum absolute atomic E-state index is 12.3. The van der Waals surface area contributed by atoms with Crippen molar-refractivity contribution >= 4 is 6.09 Å². The van der Waals surface area contributed by atoms with Gasteiger partial charge in [-0.05, 0) is 24.3 Å². The number of aromatic nitrogens is 3. The summed E-state index contributed by atoms with van der Waals surface area (Å²) in [5.74, 6) is 0.572. The molecule has 0 radical (unpaired) electrons. The first kappa shape index (κ1) is 17.2. The number of para-hydroxylation sites is 2. The number of nitrogens with zero attached hydrogens (tertiary/aromatic N) is 5. The highest BCUT2D eigenvalue weighted by molar-refractivity contribution is 5.70. The van der Waals surface area contributed by atoms with Crippen molar-refractivity contribution in [2.45, 2.75) is 6.54 Å². The molecule has 0 saturated carbocycles. The summed E-state index contributed by atoms with van der Waals surface area (Å²) in [5, 5.41) is 8.88. The van der Waals surface area contributed by atoms with E-state index in [2.05, 4.69) is 15.1 Å². The molecule has 27 heavy (non-hydrogen) atoms. The maximum Gasteiger partial charge on any atom is 0.415 e. The van der Waals surface area contributed by atoms with Crippen LogP contribution in [-0.4, -0.2) is 57.1 Å². The van der Waals surface area contributed by atoms with E-state index in [1.807, 2.05) is 48.5 Å². The fourth-order valence-electron chi connectivity index (χ4n) is 3.02. The summed E-state index contributed by atoms with van der Waals surface area (Å²) in [4.78, 5) is 17.9. The Kier molecular flexibility index (Phi) is 5.11. The van der Waals surface area contributed by atoms with Gasteiger partial charge in [0.05, 0.1) is 17.6 Å². The highest BCUT2D eigenvalue weighted by atomic mass is 16.6. The number of carbonyl (C=O) groups is 1. The first-order valence-electron chi connectivity index (χ1n) is 8.99. The quantitative estimate of drug-likeness (QED) is 0.713. The average Bonchev–Trinajstić information content (AvgIpc) is 3.18. The van der Waals surface area contributed by atoms with Gasteiger partial charge in [0, 0.05) is 32.7 Å². The number of hydrogen-bond donors (Lipinski definition) is 0. The summed E-state index contributed by atoms with van der Waals surface area (Å²) in [6.45, 7) is 3.55. The number of ether oxygens (including phenoxy) is 1. The minimum atomic E-state index is -0.295. The fourth-order valence-corrected chi connectivity index (χ4v) is 3.02. The molecule has 1 aliphatic rings. The van der Waals surface area contributed by atoms with Crippen molar-refractivity contribution in [1.82, 2.24) is 24.8 Å². The van der Waals surface area contributed by atoms with Gasteiger partial charge >= 0.3 is 6.09 Å². The van der Waals surface area contributed by atoms with E-state index < -0.39 is 0 Å². The van der Waals surface area contributed by atoms with Crippen LogP contribution < -0.4 is 4.74 Å². The number of carbonyl (C=O) groups excluding carboxylic acids is 1. The average molecular weight is 363 g/mol. The predicted octanol–water partition coefficient (Wildman–Crippen LogP) is 2.58. The Hall–Kier alpha value is -3.19. The number of amides is 1. The Bertz CT molecular complexity index is 874. The number of benzene rings is 2. The zero-order valence-electron chi connectivity index (χ0n) is 14.9. The Morgan fingerprint density at radius 1 is 0.926 bits per heavy atom. The van der Waals surface area contributed by atoms with Crippen LogP contribution in [0.3, 0.4) is 0 Å². The summed E-state index contributed by atoms with van der Waals surface area (Å²) in [5.41, 5.74) is 1.86. The number of rotatable bonds is 4. The van der Waals surface area contributed by atoms with E-state index in [9.17, 15) is 4.79 Å². The third kappa shape index (κ3) is 4.32. The maximum atomic E-state index is 12.3.